The summed E-state index contributed by atoms with van der Waals surface area (Å²) in [6.07, 6.45) is 0. The van der Waals surface area contributed by atoms with E-state index >= 15 is 0 Å². The second kappa shape index (κ2) is 6.56. The van der Waals surface area contributed by atoms with Crippen molar-refractivity contribution in [3.8, 4) is 0 Å². The molecule has 5 heterocycles. The summed E-state index contributed by atoms with van der Waals surface area (Å²) in [5, 5.41) is 0. The number of quaternary nitrogens is 2. The molecule has 5 aliphatic heterocycles. The summed E-state index contributed by atoms with van der Waals surface area (Å²) in [5.41, 5.74) is 0. The third-order valence-corrected chi connectivity index (χ3v) is 7.15. The number of amidine groups is 2. The lowest BCUT2D eigenvalue weighted by molar-refractivity contribution is -1.03. The molecule has 0 N–H and O–H groups in total. The minimum absolute atomic E-state index is 0.764. The minimum atomic E-state index is 0.764. The van der Waals surface area contributed by atoms with Crippen molar-refractivity contribution < 1.29 is 18.4 Å². The van der Waals surface area contributed by atoms with Gasteiger partial charge in [-0.25, -0.2) is 9.98 Å². The predicted octanol–water partition coefficient (Wildman–Crippen LogP) is -0.963. The Morgan fingerprint density at radius 1 is 0.577 bits per heavy atom. The number of ether oxygens (including phenoxy) is 2. The van der Waals surface area contributed by atoms with Gasteiger partial charge in [-0.05, 0) is 0 Å². The lowest BCUT2D eigenvalue weighted by Crippen LogP contribution is -2.73. The maximum Gasteiger partial charge on any atom is 0.287 e. The number of rotatable bonds is 0. The van der Waals surface area contributed by atoms with Crippen LogP contribution in [0.25, 0.3) is 0 Å². The monoisotopic (exact) mass is 364 g/mol. The zero-order valence-electron chi connectivity index (χ0n) is 15.8. The van der Waals surface area contributed by atoms with E-state index in [-0.39, 0.29) is 0 Å². The number of hydrogen-bond donors (Lipinski definition) is 0. The molecule has 26 heavy (non-hydrogen) atoms. The molecule has 2 spiro atoms. The molecule has 5 aliphatic rings. The van der Waals surface area contributed by atoms with Gasteiger partial charge in [-0.15, -0.1) is 0 Å². The molecule has 0 aromatic carbocycles. The van der Waals surface area contributed by atoms with Crippen LogP contribution >= 0.6 is 0 Å². The summed E-state index contributed by atoms with van der Waals surface area (Å²) in [6, 6.07) is 1.80. The van der Waals surface area contributed by atoms with Crippen LogP contribution in [0.4, 0.5) is 0 Å². The summed E-state index contributed by atoms with van der Waals surface area (Å²) >= 11 is 0. The van der Waals surface area contributed by atoms with E-state index in [9.17, 15) is 0 Å². The number of piperazine rings is 3. The van der Waals surface area contributed by atoms with Crippen LogP contribution in [0.2, 0.25) is 0 Å². The van der Waals surface area contributed by atoms with E-state index in [4.69, 9.17) is 9.47 Å². The third-order valence-electron chi connectivity index (χ3n) is 7.15. The zero-order valence-corrected chi connectivity index (χ0v) is 15.8. The van der Waals surface area contributed by atoms with E-state index in [1.807, 2.05) is 0 Å². The SMILES string of the molecule is C1COC(N2CC[N+]3(CC2)CC[N+]2(CCN(C4=NCCO4)CC2)CC3)=N1. The van der Waals surface area contributed by atoms with Gasteiger partial charge in [0.15, 0.2) is 0 Å². The highest BCUT2D eigenvalue weighted by atomic mass is 16.5. The highest BCUT2D eigenvalue weighted by molar-refractivity contribution is 5.75. The van der Waals surface area contributed by atoms with E-state index in [1.165, 1.54) is 61.3 Å². The highest BCUT2D eigenvalue weighted by Crippen LogP contribution is 2.25. The summed E-state index contributed by atoms with van der Waals surface area (Å²) in [6.45, 7) is 17.9. The van der Waals surface area contributed by atoms with E-state index < -0.39 is 0 Å². The maximum atomic E-state index is 5.65. The van der Waals surface area contributed by atoms with Gasteiger partial charge in [0.25, 0.3) is 12.0 Å². The molecule has 8 heteroatoms. The molecule has 0 aromatic rings. The largest absolute Gasteiger partial charge is 0.463 e. The van der Waals surface area contributed by atoms with Crippen LogP contribution in [-0.4, -0.2) is 136 Å². The molecular weight excluding hydrogens is 332 g/mol. The molecule has 3 fully saturated rings. The molecule has 0 unspecified atom stereocenters. The number of hydrogen-bond acceptors (Lipinski definition) is 6. The molecule has 0 saturated carbocycles. The molecule has 5 rings (SSSR count). The molecule has 0 aromatic heterocycles. The van der Waals surface area contributed by atoms with Gasteiger partial charge in [-0.1, -0.05) is 0 Å². The average molecular weight is 364 g/mol. The van der Waals surface area contributed by atoms with Crippen molar-refractivity contribution in [2.45, 2.75) is 0 Å². The van der Waals surface area contributed by atoms with E-state index in [0.717, 1.165) is 64.5 Å². The molecule has 0 bridgehead atoms. The molecule has 144 valence electrons. The Hall–Kier alpha value is -1.54. The smallest absolute Gasteiger partial charge is 0.287 e. The first-order chi connectivity index (χ1) is 12.8. The fraction of sp³-hybridized carbons (Fsp3) is 0.889. The van der Waals surface area contributed by atoms with Crippen molar-refractivity contribution in [2.24, 2.45) is 9.98 Å². The number of nitrogens with zero attached hydrogens (tertiary/aromatic N) is 6. The van der Waals surface area contributed by atoms with Crippen molar-refractivity contribution in [1.82, 2.24) is 9.80 Å². The topological polar surface area (TPSA) is 49.7 Å². The van der Waals surface area contributed by atoms with Crippen LogP contribution in [0.5, 0.6) is 0 Å². The predicted molar refractivity (Wildman–Crippen MR) is 99.1 cm³/mol. The molecule has 0 aliphatic carbocycles. The Bertz CT molecular complexity index is 526. The second-order valence-corrected chi connectivity index (χ2v) is 8.47. The van der Waals surface area contributed by atoms with Gasteiger partial charge in [0, 0.05) is 0 Å². The maximum absolute atomic E-state index is 5.65. The molecule has 8 nitrogen and oxygen atoms in total. The Morgan fingerprint density at radius 3 is 1.27 bits per heavy atom. The molecule has 0 radical (unpaired) electrons. The van der Waals surface area contributed by atoms with Crippen LogP contribution in [0.1, 0.15) is 0 Å². The van der Waals surface area contributed by atoms with E-state index in [0.29, 0.717) is 0 Å². The minimum Gasteiger partial charge on any atom is -0.463 e. The third kappa shape index (κ3) is 3.03. The van der Waals surface area contributed by atoms with Crippen LogP contribution in [0, 0.1) is 0 Å². The van der Waals surface area contributed by atoms with Gasteiger partial charge in [0.1, 0.15) is 39.4 Å². The van der Waals surface area contributed by atoms with Crippen LogP contribution in [0.3, 0.4) is 0 Å². The van der Waals surface area contributed by atoms with Crippen molar-refractivity contribution in [1.29, 1.82) is 0 Å². The average Bonchev–Trinajstić information content (AvgIpc) is 3.40. The van der Waals surface area contributed by atoms with Crippen LogP contribution in [-0.2, 0) is 9.47 Å². The van der Waals surface area contributed by atoms with E-state index in [2.05, 4.69) is 19.8 Å². The van der Waals surface area contributed by atoms with Crippen molar-refractivity contribution in [3.05, 3.63) is 0 Å². The molecule has 0 amide bonds. The van der Waals surface area contributed by atoms with Crippen molar-refractivity contribution >= 4 is 12.0 Å². The molecule has 0 atom stereocenters. The quantitative estimate of drug-likeness (QED) is 0.520. The van der Waals surface area contributed by atoms with E-state index in [1.54, 1.807) is 0 Å². The van der Waals surface area contributed by atoms with Crippen molar-refractivity contribution in [3.63, 3.8) is 0 Å². The first-order valence-corrected chi connectivity index (χ1v) is 10.3. The number of aliphatic imine (C=N–C) groups is 2. The van der Waals surface area contributed by atoms with Crippen LogP contribution < -0.4 is 0 Å². The Balaban J connectivity index is 1.13. The fourth-order valence-corrected chi connectivity index (χ4v) is 5.16. The Labute approximate surface area is 155 Å². The zero-order chi connectivity index (χ0) is 17.5. The van der Waals surface area contributed by atoms with Gasteiger partial charge < -0.3 is 28.2 Å². The second-order valence-electron chi connectivity index (χ2n) is 8.47. The van der Waals surface area contributed by atoms with Gasteiger partial charge >= 0.3 is 0 Å². The summed E-state index contributed by atoms with van der Waals surface area (Å²) < 4.78 is 13.9. The van der Waals surface area contributed by atoms with Gasteiger partial charge in [0.2, 0.25) is 0 Å². The molecule has 3 saturated heterocycles. The van der Waals surface area contributed by atoms with Crippen LogP contribution in [0.15, 0.2) is 9.98 Å². The Morgan fingerprint density at radius 2 is 0.962 bits per heavy atom. The van der Waals surface area contributed by atoms with Crippen molar-refractivity contribution in [2.75, 3.05) is 105 Å². The first-order valence-electron chi connectivity index (χ1n) is 10.3. The molecular formula is C18H32N6O2+2. The lowest BCUT2D eigenvalue weighted by Gasteiger charge is -2.54. The van der Waals surface area contributed by atoms with Gasteiger partial charge in [-0.2, -0.15) is 0 Å². The lowest BCUT2D eigenvalue weighted by atomic mass is 10.1. The highest BCUT2D eigenvalue weighted by Gasteiger charge is 2.46. The normalized spacial score (nSPS) is 30.2. The summed E-state index contributed by atoms with van der Waals surface area (Å²) in [7, 11) is 0. The standard InChI is InChI=1S/C18H32N6O2/c1-15-25-17(19-1)21-3-7-23(8-4-21)11-13-24(14-12-23)9-5-22(6-10-24)18-20-2-16-26-18/h1-16H2/q+2. The van der Waals surface area contributed by atoms with Gasteiger partial charge in [0.05, 0.1) is 65.4 Å². The fourth-order valence-electron chi connectivity index (χ4n) is 5.16. The Kier molecular flexibility index (Phi) is 4.20. The first kappa shape index (κ1) is 16.6. The summed E-state index contributed by atoms with van der Waals surface area (Å²) in [4.78, 5) is 13.7. The summed E-state index contributed by atoms with van der Waals surface area (Å²) in [5.74, 6) is 0. The van der Waals surface area contributed by atoms with Gasteiger partial charge in [-0.3, -0.25) is 0 Å².